The molecule has 202 valence electrons. The SMILES string of the molecule is C[C@H](CCC(=O)NCCS(=O)(=O)O)[C@H]1CC[C@H]2[C@@H]3[C@@H](O)CC4C[C@H](O)CC[C@]4(C)[C@H]3C[C@@H](O)[C@]12C. The third kappa shape index (κ3) is 5.05. The highest BCUT2D eigenvalue weighted by Crippen LogP contribution is 2.68. The number of nitrogens with one attached hydrogen (secondary N) is 1. The minimum Gasteiger partial charge on any atom is -0.393 e. The van der Waals surface area contributed by atoms with Gasteiger partial charge in [-0.1, -0.05) is 20.8 Å². The fourth-order valence-electron chi connectivity index (χ4n) is 9.10. The van der Waals surface area contributed by atoms with Crippen molar-refractivity contribution in [3.05, 3.63) is 0 Å². The van der Waals surface area contributed by atoms with Crippen LogP contribution in [0.15, 0.2) is 0 Å². The maximum Gasteiger partial charge on any atom is 0.266 e. The Kier molecular flexibility index (Phi) is 7.69. The zero-order chi connectivity index (χ0) is 25.8. The molecule has 0 aromatic heterocycles. The van der Waals surface area contributed by atoms with Crippen LogP contribution in [0.25, 0.3) is 0 Å². The van der Waals surface area contributed by atoms with Crippen LogP contribution in [0.1, 0.15) is 78.6 Å². The molecule has 0 spiro atoms. The zero-order valence-electron chi connectivity index (χ0n) is 21.4. The molecule has 1 amide bonds. The summed E-state index contributed by atoms with van der Waals surface area (Å²) >= 11 is 0. The highest BCUT2D eigenvalue weighted by Gasteiger charge is 2.65. The molecule has 9 heteroatoms. The van der Waals surface area contributed by atoms with E-state index in [9.17, 15) is 28.5 Å². The summed E-state index contributed by atoms with van der Waals surface area (Å²) in [5.41, 5.74) is -0.254. The van der Waals surface area contributed by atoms with Gasteiger partial charge in [-0.15, -0.1) is 0 Å². The molecule has 0 radical (unpaired) electrons. The first-order valence-corrected chi connectivity index (χ1v) is 15.1. The highest BCUT2D eigenvalue weighted by atomic mass is 32.2. The van der Waals surface area contributed by atoms with E-state index in [-0.39, 0.29) is 65.4 Å². The summed E-state index contributed by atoms with van der Waals surface area (Å²) in [7, 11) is -4.10. The van der Waals surface area contributed by atoms with Crippen LogP contribution in [0.2, 0.25) is 0 Å². The van der Waals surface area contributed by atoms with Crippen LogP contribution in [0.4, 0.5) is 0 Å². The second-order valence-electron chi connectivity index (χ2n) is 12.7. The van der Waals surface area contributed by atoms with Crippen LogP contribution in [0.5, 0.6) is 0 Å². The molecule has 0 aromatic carbocycles. The van der Waals surface area contributed by atoms with Gasteiger partial charge in [0.1, 0.15) is 0 Å². The van der Waals surface area contributed by atoms with Gasteiger partial charge in [0, 0.05) is 13.0 Å². The van der Waals surface area contributed by atoms with Crippen LogP contribution >= 0.6 is 0 Å². The maximum absolute atomic E-state index is 12.2. The number of carbonyl (C=O) groups excluding carboxylic acids is 1. The van der Waals surface area contributed by atoms with E-state index >= 15 is 0 Å². The lowest BCUT2D eigenvalue weighted by Gasteiger charge is -2.63. The average molecular weight is 516 g/mol. The number of hydrogen-bond donors (Lipinski definition) is 5. The zero-order valence-corrected chi connectivity index (χ0v) is 22.2. The first-order valence-electron chi connectivity index (χ1n) is 13.5. The number of rotatable bonds is 7. The monoisotopic (exact) mass is 515 g/mol. The van der Waals surface area contributed by atoms with Crippen molar-refractivity contribution < 1.29 is 33.1 Å². The molecule has 4 rings (SSSR count). The predicted octanol–water partition coefficient (Wildman–Crippen LogP) is 2.37. The largest absolute Gasteiger partial charge is 0.393 e. The van der Waals surface area contributed by atoms with E-state index in [0.29, 0.717) is 18.8 Å². The number of fused-ring (bicyclic) bond motifs is 5. The van der Waals surface area contributed by atoms with E-state index in [2.05, 4.69) is 26.1 Å². The minimum atomic E-state index is -4.10. The van der Waals surface area contributed by atoms with E-state index in [1.54, 1.807) is 0 Å². The topological polar surface area (TPSA) is 144 Å². The highest BCUT2D eigenvalue weighted by molar-refractivity contribution is 7.85. The molecule has 35 heavy (non-hydrogen) atoms. The summed E-state index contributed by atoms with van der Waals surface area (Å²) in [5, 5.41) is 35.8. The molecule has 1 unspecified atom stereocenters. The second kappa shape index (κ2) is 9.86. The summed E-state index contributed by atoms with van der Waals surface area (Å²) in [4.78, 5) is 12.2. The smallest absolute Gasteiger partial charge is 0.266 e. The Labute approximate surface area is 210 Å². The molecular formula is C26H45NO7S. The quantitative estimate of drug-likeness (QED) is 0.327. The van der Waals surface area contributed by atoms with Gasteiger partial charge in [-0.3, -0.25) is 9.35 Å². The summed E-state index contributed by atoms with van der Waals surface area (Å²) in [6.07, 6.45) is 5.67. The molecule has 0 heterocycles. The van der Waals surface area contributed by atoms with Gasteiger partial charge < -0.3 is 20.6 Å². The lowest BCUT2D eigenvalue weighted by atomic mass is 9.43. The van der Waals surface area contributed by atoms with Crippen molar-refractivity contribution in [2.75, 3.05) is 12.3 Å². The summed E-state index contributed by atoms with van der Waals surface area (Å²) in [5.74, 6) is 0.705. The van der Waals surface area contributed by atoms with Crippen molar-refractivity contribution in [3.63, 3.8) is 0 Å². The van der Waals surface area contributed by atoms with E-state index in [1.807, 2.05) is 0 Å². The Morgan fingerprint density at radius 3 is 2.46 bits per heavy atom. The van der Waals surface area contributed by atoms with E-state index in [0.717, 1.165) is 38.5 Å². The predicted molar refractivity (Wildman–Crippen MR) is 132 cm³/mol. The normalized spacial score (nSPS) is 46.3. The first-order chi connectivity index (χ1) is 16.3. The van der Waals surface area contributed by atoms with Crippen molar-refractivity contribution in [2.24, 2.45) is 46.3 Å². The summed E-state index contributed by atoms with van der Waals surface area (Å²) in [6.45, 7) is 6.56. The number of aliphatic hydroxyl groups excluding tert-OH is 3. The molecule has 11 atom stereocenters. The van der Waals surface area contributed by atoms with Gasteiger partial charge in [0.2, 0.25) is 5.91 Å². The van der Waals surface area contributed by atoms with Crippen LogP contribution in [0.3, 0.4) is 0 Å². The molecule has 0 bridgehead atoms. The molecule has 0 aliphatic heterocycles. The van der Waals surface area contributed by atoms with Gasteiger partial charge in [-0.2, -0.15) is 8.42 Å². The van der Waals surface area contributed by atoms with Crippen molar-refractivity contribution >= 4 is 16.0 Å². The van der Waals surface area contributed by atoms with Gasteiger partial charge in [-0.25, -0.2) is 0 Å². The van der Waals surface area contributed by atoms with Gasteiger partial charge >= 0.3 is 0 Å². The number of aliphatic hydroxyl groups is 3. The number of hydrogen-bond acceptors (Lipinski definition) is 6. The lowest BCUT2D eigenvalue weighted by molar-refractivity contribution is -0.207. The van der Waals surface area contributed by atoms with E-state index in [1.165, 1.54) is 0 Å². The van der Waals surface area contributed by atoms with Gasteiger partial charge in [0.25, 0.3) is 10.1 Å². The van der Waals surface area contributed by atoms with Crippen LogP contribution in [-0.2, 0) is 14.9 Å². The maximum atomic E-state index is 12.2. The molecule has 0 saturated heterocycles. The Bertz CT molecular complexity index is 896. The molecule has 0 aromatic rings. The second-order valence-corrected chi connectivity index (χ2v) is 14.2. The summed E-state index contributed by atoms with van der Waals surface area (Å²) < 4.78 is 30.5. The van der Waals surface area contributed by atoms with Crippen molar-refractivity contribution in [1.82, 2.24) is 5.32 Å². The Balaban J connectivity index is 1.43. The molecule has 4 fully saturated rings. The Hall–Kier alpha value is -0.740. The van der Waals surface area contributed by atoms with Gasteiger partial charge in [-0.05, 0) is 97.7 Å². The molecule has 4 saturated carbocycles. The molecular weight excluding hydrogens is 470 g/mol. The molecule has 4 aliphatic carbocycles. The lowest BCUT2D eigenvalue weighted by Crippen LogP contribution is -2.62. The number of amides is 1. The third-order valence-electron chi connectivity index (χ3n) is 11.0. The van der Waals surface area contributed by atoms with Crippen LogP contribution in [-0.4, -0.2) is 64.8 Å². The van der Waals surface area contributed by atoms with Crippen molar-refractivity contribution in [3.8, 4) is 0 Å². The minimum absolute atomic E-state index is 0.0509. The fourth-order valence-corrected chi connectivity index (χ4v) is 9.46. The van der Waals surface area contributed by atoms with Gasteiger partial charge in [0.05, 0.1) is 24.1 Å². The van der Waals surface area contributed by atoms with Crippen LogP contribution < -0.4 is 5.32 Å². The van der Waals surface area contributed by atoms with Crippen molar-refractivity contribution in [2.45, 2.75) is 96.9 Å². The standard InChI is InChI=1S/C26H45NO7S/c1-15(4-7-23(31)27-10-11-35(32,33)34)18-5-6-19-24-20(14-22(30)26(18,19)3)25(2)9-8-17(28)12-16(25)13-21(24)29/h15-22,24,28-30H,4-14H2,1-3H3,(H,27,31)(H,32,33,34)/t15-,16?,17-,18-,19+,20+,21+,22-,24+,25+,26-/m1/s1. The van der Waals surface area contributed by atoms with Crippen molar-refractivity contribution in [1.29, 1.82) is 0 Å². The average Bonchev–Trinajstić information content (AvgIpc) is 3.12. The molecule has 4 aliphatic rings. The van der Waals surface area contributed by atoms with Gasteiger partial charge in [0.15, 0.2) is 0 Å². The molecule has 5 N–H and O–H groups in total. The Morgan fingerprint density at radius 1 is 1.06 bits per heavy atom. The molecule has 8 nitrogen and oxygen atoms in total. The van der Waals surface area contributed by atoms with E-state index < -0.39 is 28.1 Å². The van der Waals surface area contributed by atoms with E-state index in [4.69, 9.17) is 4.55 Å². The Morgan fingerprint density at radius 2 is 1.77 bits per heavy atom. The third-order valence-corrected chi connectivity index (χ3v) is 11.7. The number of carbonyl (C=O) groups is 1. The van der Waals surface area contributed by atoms with Crippen LogP contribution in [0, 0.1) is 46.3 Å². The summed E-state index contributed by atoms with van der Waals surface area (Å²) in [6, 6.07) is 0. The fraction of sp³-hybridized carbons (Fsp3) is 0.962. The first kappa shape index (κ1) is 27.3.